The molecule has 0 spiro atoms. The molecule has 2 amide bonds. The number of nitrogens with zero attached hydrogens (tertiary/aromatic N) is 1. The van der Waals surface area contributed by atoms with Gasteiger partial charge in [-0.15, -0.1) is 0 Å². The van der Waals surface area contributed by atoms with E-state index in [0.29, 0.717) is 31.5 Å². The lowest BCUT2D eigenvalue weighted by atomic mass is 10.1. The molecule has 0 atom stereocenters. The summed E-state index contributed by atoms with van der Waals surface area (Å²) in [5.74, 6) is -0.107. The van der Waals surface area contributed by atoms with Crippen molar-refractivity contribution in [1.82, 2.24) is 15.6 Å². The van der Waals surface area contributed by atoms with Gasteiger partial charge in [0, 0.05) is 31.9 Å². The molecular formula is C19H23N3O2. The fourth-order valence-corrected chi connectivity index (χ4v) is 2.33. The van der Waals surface area contributed by atoms with Crippen LogP contribution >= 0.6 is 0 Å². The summed E-state index contributed by atoms with van der Waals surface area (Å²) in [4.78, 5) is 27.5. The van der Waals surface area contributed by atoms with Crippen molar-refractivity contribution in [3.8, 4) is 0 Å². The van der Waals surface area contributed by atoms with Gasteiger partial charge < -0.3 is 10.6 Å². The van der Waals surface area contributed by atoms with Crippen LogP contribution in [0.25, 0.3) is 0 Å². The normalized spacial score (nSPS) is 10.2. The number of carbonyl (C=O) groups is 2. The van der Waals surface area contributed by atoms with E-state index < -0.39 is 0 Å². The van der Waals surface area contributed by atoms with E-state index in [-0.39, 0.29) is 11.8 Å². The SMILES string of the molecule is Cc1cccc(CCC(=O)NCCCNC(=O)c2cccnc2)c1. The van der Waals surface area contributed by atoms with Crippen LogP contribution in [0.15, 0.2) is 48.8 Å². The van der Waals surface area contributed by atoms with Crippen LogP contribution in [0.1, 0.15) is 34.3 Å². The van der Waals surface area contributed by atoms with Crippen LogP contribution in [-0.4, -0.2) is 29.9 Å². The standard InChI is InChI=1S/C19H23N3O2/c1-15-5-2-6-16(13-15)8-9-18(23)21-11-4-12-22-19(24)17-7-3-10-20-14-17/h2-3,5-7,10,13-14H,4,8-9,11-12H2,1H3,(H,21,23)(H,22,24). The van der Waals surface area contributed by atoms with E-state index >= 15 is 0 Å². The Bertz CT molecular complexity index is 671. The van der Waals surface area contributed by atoms with Gasteiger partial charge in [0.25, 0.3) is 5.91 Å². The Morgan fingerprint density at radius 1 is 1.08 bits per heavy atom. The molecule has 2 rings (SSSR count). The molecular weight excluding hydrogens is 302 g/mol. The van der Waals surface area contributed by atoms with E-state index in [1.165, 1.54) is 17.3 Å². The monoisotopic (exact) mass is 325 g/mol. The second kappa shape index (κ2) is 9.45. The average Bonchev–Trinajstić information content (AvgIpc) is 2.60. The lowest BCUT2D eigenvalue weighted by molar-refractivity contribution is -0.121. The predicted octanol–water partition coefficient (Wildman–Crippen LogP) is 2.26. The van der Waals surface area contributed by atoms with Crippen LogP contribution in [0, 0.1) is 6.92 Å². The second-order valence-corrected chi connectivity index (χ2v) is 5.69. The molecule has 0 unspecified atom stereocenters. The fourth-order valence-electron chi connectivity index (χ4n) is 2.33. The van der Waals surface area contributed by atoms with Crippen molar-refractivity contribution in [3.63, 3.8) is 0 Å². The van der Waals surface area contributed by atoms with Crippen molar-refractivity contribution >= 4 is 11.8 Å². The van der Waals surface area contributed by atoms with Gasteiger partial charge in [-0.2, -0.15) is 0 Å². The summed E-state index contributed by atoms with van der Waals surface area (Å²) >= 11 is 0. The van der Waals surface area contributed by atoms with Gasteiger partial charge in [-0.3, -0.25) is 14.6 Å². The summed E-state index contributed by atoms with van der Waals surface area (Å²) in [6.45, 7) is 3.12. The maximum absolute atomic E-state index is 11.8. The van der Waals surface area contributed by atoms with Crippen LogP contribution in [0.3, 0.4) is 0 Å². The Morgan fingerprint density at radius 2 is 1.92 bits per heavy atom. The number of hydrogen-bond donors (Lipinski definition) is 2. The molecule has 1 heterocycles. The maximum Gasteiger partial charge on any atom is 0.252 e. The predicted molar refractivity (Wildman–Crippen MR) is 93.7 cm³/mol. The molecule has 0 aliphatic rings. The zero-order valence-corrected chi connectivity index (χ0v) is 13.9. The van der Waals surface area contributed by atoms with E-state index in [1.807, 2.05) is 25.1 Å². The number of nitrogens with one attached hydrogen (secondary N) is 2. The quantitative estimate of drug-likeness (QED) is 0.731. The minimum absolute atomic E-state index is 0.0371. The molecule has 0 aliphatic heterocycles. The average molecular weight is 325 g/mol. The van der Waals surface area contributed by atoms with Crippen molar-refractivity contribution in [3.05, 3.63) is 65.5 Å². The number of benzene rings is 1. The van der Waals surface area contributed by atoms with Crippen LogP contribution in [0.5, 0.6) is 0 Å². The number of aromatic nitrogens is 1. The lowest BCUT2D eigenvalue weighted by Crippen LogP contribution is -2.30. The molecule has 5 nitrogen and oxygen atoms in total. The van der Waals surface area contributed by atoms with Gasteiger partial charge in [0.05, 0.1) is 5.56 Å². The summed E-state index contributed by atoms with van der Waals surface area (Å²) < 4.78 is 0. The Morgan fingerprint density at radius 3 is 2.67 bits per heavy atom. The minimum Gasteiger partial charge on any atom is -0.356 e. The first-order valence-corrected chi connectivity index (χ1v) is 8.15. The third kappa shape index (κ3) is 6.20. The van der Waals surface area contributed by atoms with Crippen molar-refractivity contribution < 1.29 is 9.59 Å². The number of aryl methyl sites for hydroxylation is 2. The third-order valence-electron chi connectivity index (χ3n) is 3.61. The van der Waals surface area contributed by atoms with E-state index in [1.54, 1.807) is 18.3 Å². The van der Waals surface area contributed by atoms with Crippen molar-refractivity contribution in [1.29, 1.82) is 0 Å². The van der Waals surface area contributed by atoms with E-state index in [9.17, 15) is 9.59 Å². The lowest BCUT2D eigenvalue weighted by Gasteiger charge is -2.07. The van der Waals surface area contributed by atoms with Gasteiger partial charge in [-0.05, 0) is 37.5 Å². The summed E-state index contributed by atoms with van der Waals surface area (Å²) in [5, 5.41) is 5.68. The largest absolute Gasteiger partial charge is 0.356 e. The first-order valence-electron chi connectivity index (χ1n) is 8.15. The molecule has 0 saturated carbocycles. The molecule has 2 N–H and O–H groups in total. The number of amides is 2. The number of rotatable bonds is 8. The summed E-state index contributed by atoms with van der Waals surface area (Å²) in [5.41, 5.74) is 2.92. The van der Waals surface area contributed by atoms with E-state index in [4.69, 9.17) is 0 Å². The van der Waals surface area contributed by atoms with Gasteiger partial charge >= 0.3 is 0 Å². The second-order valence-electron chi connectivity index (χ2n) is 5.69. The molecule has 5 heteroatoms. The molecule has 0 bridgehead atoms. The van der Waals surface area contributed by atoms with Crippen LogP contribution in [0.4, 0.5) is 0 Å². The highest BCUT2D eigenvalue weighted by atomic mass is 16.2. The number of hydrogen-bond acceptors (Lipinski definition) is 3. The van der Waals surface area contributed by atoms with Crippen LogP contribution in [0.2, 0.25) is 0 Å². The Kier molecular flexibility index (Phi) is 6.95. The van der Waals surface area contributed by atoms with Crippen molar-refractivity contribution in [2.75, 3.05) is 13.1 Å². The molecule has 0 saturated heterocycles. The zero-order valence-electron chi connectivity index (χ0n) is 13.9. The maximum atomic E-state index is 11.8. The topological polar surface area (TPSA) is 71.1 Å². The smallest absolute Gasteiger partial charge is 0.252 e. The molecule has 0 fully saturated rings. The van der Waals surface area contributed by atoms with E-state index in [0.717, 1.165) is 6.42 Å². The van der Waals surface area contributed by atoms with Crippen molar-refractivity contribution in [2.24, 2.45) is 0 Å². The Balaban J connectivity index is 1.57. The molecule has 1 aromatic heterocycles. The number of pyridine rings is 1. The molecule has 0 radical (unpaired) electrons. The first kappa shape index (κ1) is 17.7. The van der Waals surface area contributed by atoms with Gasteiger partial charge in [0.1, 0.15) is 0 Å². The molecule has 0 aliphatic carbocycles. The molecule has 24 heavy (non-hydrogen) atoms. The highest BCUT2D eigenvalue weighted by Crippen LogP contribution is 2.06. The third-order valence-corrected chi connectivity index (χ3v) is 3.61. The van der Waals surface area contributed by atoms with Gasteiger partial charge in [0.15, 0.2) is 0 Å². The van der Waals surface area contributed by atoms with Crippen LogP contribution in [-0.2, 0) is 11.2 Å². The Labute approximate surface area is 142 Å². The highest BCUT2D eigenvalue weighted by Gasteiger charge is 2.05. The van der Waals surface area contributed by atoms with E-state index in [2.05, 4.69) is 21.7 Å². The summed E-state index contributed by atoms with van der Waals surface area (Å²) in [7, 11) is 0. The summed E-state index contributed by atoms with van der Waals surface area (Å²) in [6.07, 6.45) is 5.07. The molecule has 126 valence electrons. The fraction of sp³-hybridized carbons (Fsp3) is 0.316. The van der Waals surface area contributed by atoms with Gasteiger partial charge in [-0.25, -0.2) is 0 Å². The number of carbonyl (C=O) groups excluding carboxylic acids is 2. The van der Waals surface area contributed by atoms with Crippen LogP contribution < -0.4 is 10.6 Å². The minimum atomic E-state index is -0.145. The highest BCUT2D eigenvalue weighted by molar-refractivity contribution is 5.93. The van der Waals surface area contributed by atoms with Crippen molar-refractivity contribution in [2.45, 2.75) is 26.2 Å². The zero-order chi connectivity index (χ0) is 17.2. The van der Waals surface area contributed by atoms with Gasteiger partial charge in [0.2, 0.25) is 5.91 Å². The molecule has 2 aromatic rings. The first-order chi connectivity index (χ1) is 11.6. The van der Waals surface area contributed by atoms with Gasteiger partial charge in [-0.1, -0.05) is 29.8 Å². The molecule has 1 aromatic carbocycles. The Hall–Kier alpha value is -2.69. The summed E-state index contributed by atoms with van der Waals surface area (Å²) in [6, 6.07) is 11.6.